The van der Waals surface area contributed by atoms with Crippen molar-refractivity contribution >= 4 is 11.6 Å². The van der Waals surface area contributed by atoms with Crippen molar-refractivity contribution in [3.8, 4) is 5.75 Å². The molecule has 0 aromatic heterocycles. The standard InChI is InChI=1S/C17H27ClO2/c1-3-4-5-6-7-8-9-10-16(19)14-11-12-17(20-2)15(18)13-14/h11-13,16,19H,3-10H2,1-2H3. The predicted octanol–water partition coefficient (Wildman–Crippen LogP) is 5.52. The molecule has 0 amide bonds. The van der Waals surface area contributed by atoms with E-state index in [1.807, 2.05) is 12.1 Å². The lowest BCUT2D eigenvalue weighted by molar-refractivity contribution is 0.163. The van der Waals surface area contributed by atoms with Crippen LogP contribution in [0.5, 0.6) is 5.75 Å². The van der Waals surface area contributed by atoms with Crippen LogP contribution in [0, 0.1) is 0 Å². The van der Waals surface area contributed by atoms with Crippen LogP contribution in [0.4, 0.5) is 0 Å². The van der Waals surface area contributed by atoms with Crippen LogP contribution in [-0.2, 0) is 0 Å². The molecule has 1 aromatic rings. The van der Waals surface area contributed by atoms with Gasteiger partial charge in [-0.3, -0.25) is 0 Å². The SMILES string of the molecule is CCCCCCCCCC(O)c1ccc(OC)c(Cl)c1. The second kappa shape index (κ2) is 10.1. The first-order valence-corrected chi connectivity index (χ1v) is 8.08. The number of hydrogen-bond donors (Lipinski definition) is 1. The Kier molecular flexibility index (Phi) is 8.72. The molecule has 0 aliphatic heterocycles. The molecule has 0 saturated carbocycles. The normalized spacial score (nSPS) is 12.4. The fraction of sp³-hybridized carbons (Fsp3) is 0.647. The summed E-state index contributed by atoms with van der Waals surface area (Å²) in [4.78, 5) is 0. The van der Waals surface area contributed by atoms with E-state index in [0.717, 1.165) is 18.4 Å². The number of hydrogen-bond acceptors (Lipinski definition) is 2. The molecule has 114 valence electrons. The minimum absolute atomic E-state index is 0.422. The van der Waals surface area contributed by atoms with Crippen LogP contribution in [-0.4, -0.2) is 12.2 Å². The molecule has 1 N–H and O–H groups in total. The fourth-order valence-corrected chi connectivity index (χ4v) is 2.62. The van der Waals surface area contributed by atoms with Crippen molar-refractivity contribution in [1.29, 1.82) is 0 Å². The quantitative estimate of drug-likeness (QED) is 0.576. The van der Waals surface area contributed by atoms with Crippen LogP contribution < -0.4 is 4.74 Å². The van der Waals surface area contributed by atoms with Crippen molar-refractivity contribution in [2.24, 2.45) is 0 Å². The number of aliphatic hydroxyl groups is 1. The number of methoxy groups -OCH3 is 1. The van der Waals surface area contributed by atoms with Crippen LogP contribution in [0.1, 0.15) is 70.0 Å². The van der Waals surface area contributed by atoms with Gasteiger partial charge in [0.25, 0.3) is 0 Å². The molecule has 0 radical (unpaired) electrons. The van der Waals surface area contributed by atoms with Gasteiger partial charge in [0.2, 0.25) is 0 Å². The van der Waals surface area contributed by atoms with Crippen molar-refractivity contribution in [1.82, 2.24) is 0 Å². The summed E-state index contributed by atoms with van der Waals surface area (Å²) in [5.74, 6) is 0.651. The fourth-order valence-electron chi connectivity index (χ4n) is 2.35. The largest absolute Gasteiger partial charge is 0.495 e. The highest BCUT2D eigenvalue weighted by molar-refractivity contribution is 6.32. The maximum Gasteiger partial charge on any atom is 0.137 e. The smallest absolute Gasteiger partial charge is 0.137 e. The highest BCUT2D eigenvalue weighted by Gasteiger charge is 2.10. The molecule has 0 aliphatic carbocycles. The van der Waals surface area contributed by atoms with E-state index in [0.29, 0.717) is 10.8 Å². The van der Waals surface area contributed by atoms with E-state index in [1.54, 1.807) is 13.2 Å². The molecule has 1 aromatic carbocycles. The second-order valence-electron chi connectivity index (χ2n) is 5.32. The van der Waals surface area contributed by atoms with Crippen LogP contribution in [0.15, 0.2) is 18.2 Å². The molecule has 1 atom stereocenters. The summed E-state index contributed by atoms with van der Waals surface area (Å²) in [5, 5.41) is 10.7. The van der Waals surface area contributed by atoms with Gasteiger partial charge in [-0.15, -0.1) is 0 Å². The summed E-state index contributed by atoms with van der Waals surface area (Å²) in [6, 6.07) is 5.49. The number of halogens is 1. The predicted molar refractivity (Wildman–Crippen MR) is 85.6 cm³/mol. The maximum absolute atomic E-state index is 10.1. The maximum atomic E-state index is 10.1. The lowest BCUT2D eigenvalue weighted by Crippen LogP contribution is -1.98. The van der Waals surface area contributed by atoms with E-state index < -0.39 is 6.10 Å². The molecule has 1 unspecified atom stereocenters. The third kappa shape index (κ3) is 6.15. The summed E-state index contributed by atoms with van der Waals surface area (Å²) in [5.41, 5.74) is 0.877. The highest BCUT2D eigenvalue weighted by Crippen LogP contribution is 2.29. The summed E-state index contributed by atoms with van der Waals surface area (Å²) < 4.78 is 5.11. The van der Waals surface area contributed by atoms with Gasteiger partial charge in [0, 0.05) is 0 Å². The van der Waals surface area contributed by atoms with Crippen LogP contribution in [0.2, 0.25) is 5.02 Å². The summed E-state index contributed by atoms with van der Waals surface area (Å²) in [6.45, 7) is 2.23. The Balaban J connectivity index is 2.25. The van der Waals surface area contributed by atoms with Crippen LogP contribution >= 0.6 is 11.6 Å². The Morgan fingerprint density at radius 2 is 1.75 bits per heavy atom. The monoisotopic (exact) mass is 298 g/mol. The van der Waals surface area contributed by atoms with Crippen molar-refractivity contribution < 1.29 is 9.84 Å². The Bertz CT molecular complexity index is 379. The number of benzene rings is 1. The van der Waals surface area contributed by atoms with E-state index >= 15 is 0 Å². The van der Waals surface area contributed by atoms with Gasteiger partial charge in [-0.2, -0.15) is 0 Å². The van der Waals surface area contributed by atoms with Gasteiger partial charge in [0.15, 0.2) is 0 Å². The minimum atomic E-state index is -0.422. The van der Waals surface area contributed by atoms with Crippen molar-refractivity contribution in [2.45, 2.75) is 64.4 Å². The first kappa shape index (κ1) is 17.3. The molecule has 0 bridgehead atoms. The molecule has 0 fully saturated rings. The number of rotatable bonds is 10. The van der Waals surface area contributed by atoms with E-state index in [9.17, 15) is 5.11 Å². The molecule has 3 heteroatoms. The first-order chi connectivity index (χ1) is 9.69. The molecular weight excluding hydrogens is 272 g/mol. The summed E-state index contributed by atoms with van der Waals surface area (Å²) in [7, 11) is 1.59. The Labute approximate surface area is 128 Å². The van der Waals surface area contributed by atoms with Crippen molar-refractivity contribution in [3.05, 3.63) is 28.8 Å². The molecule has 0 saturated heterocycles. The van der Waals surface area contributed by atoms with E-state index in [1.165, 1.54) is 38.5 Å². The molecule has 1 rings (SSSR count). The summed E-state index contributed by atoms with van der Waals surface area (Å²) >= 11 is 6.07. The third-order valence-electron chi connectivity index (χ3n) is 3.64. The van der Waals surface area contributed by atoms with Gasteiger partial charge in [0.1, 0.15) is 5.75 Å². The van der Waals surface area contributed by atoms with Gasteiger partial charge in [-0.1, -0.05) is 69.5 Å². The average molecular weight is 299 g/mol. The Hall–Kier alpha value is -0.730. The van der Waals surface area contributed by atoms with Crippen molar-refractivity contribution in [2.75, 3.05) is 7.11 Å². The lowest BCUT2D eigenvalue weighted by Gasteiger charge is -2.12. The molecule has 0 heterocycles. The molecule has 0 spiro atoms. The minimum Gasteiger partial charge on any atom is -0.495 e. The van der Waals surface area contributed by atoms with E-state index in [-0.39, 0.29) is 0 Å². The lowest BCUT2D eigenvalue weighted by atomic mass is 10.0. The van der Waals surface area contributed by atoms with Crippen LogP contribution in [0.25, 0.3) is 0 Å². The van der Waals surface area contributed by atoms with Gasteiger partial charge in [-0.25, -0.2) is 0 Å². The number of unbranched alkanes of at least 4 members (excludes halogenated alkanes) is 6. The van der Waals surface area contributed by atoms with Crippen molar-refractivity contribution in [3.63, 3.8) is 0 Å². The third-order valence-corrected chi connectivity index (χ3v) is 3.94. The van der Waals surface area contributed by atoms with Gasteiger partial charge < -0.3 is 9.84 Å². The highest BCUT2D eigenvalue weighted by atomic mass is 35.5. The topological polar surface area (TPSA) is 29.5 Å². The van der Waals surface area contributed by atoms with Crippen LogP contribution in [0.3, 0.4) is 0 Å². The molecular formula is C17H27ClO2. The van der Waals surface area contributed by atoms with Gasteiger partial charge >= 0.3 is 0 Å². The first-order valence-electron chi connectivity index (χ1n) is 7.70. The van der Waals surface area contributed by atoms with E-state index in [4.69, 9.17) is 16.3 Å². The zero-order valence-electron chi connectivity index (χ0n) is 12.7. The van der Waals surface area contributed by atoms with E-state index in [2.05, 4.69) is 6.92 Å². The zero-order chi connectivity index (χ0) is 14.8. The number of aliphatic hydroxyl groups excluding tert-OH is 1. The number of ether oxygens (including phenoxy) is 1. The summed E-state index contributed by atoms with van der Waals surface area (Å²) in [6.07, 6.45) is 9.21. The molecule has 0 aliphatic rings. The zero-order valence-corrected chi connectivity index (χ0v) is 13.5. The molecule has 20 heavy (non-hydrogen) atoms. The van der Waals surface area contributed by atoms with Gasteiger partial charge in [0.05, 0.1) is 18.2 Å². The molecule has 2 nitrogen and oxygen atoms in total. The Morgan fingerprint density at radius 3 is 2.35 bits per heavy atom. The second-order valence-corrected chi connectivity index (χ2v) is 5.73. The Morgan fingerprint density at radius 1 is 1.10 bits per heavy atom. The van der Waals surface area contributed by atoms with Gasteiger partial charge in [-0.05, 0) is 24.1 Å². The average Bonchev–Trinajstić information content (AvgIpc) is 2.46.